The third-order valence-electron chi connectivity index (χ3n) is 3.23. The molecule has 1 aliphatic carbocycles. The minimum absolute atomic E-state index is 0.265. The number of nitrogens with two attached hydrogens (primary N) is 1. The molecule has 1 aliphatic rings. The van der Waals surface area contributed by atoms with Gasteiger partial charge in [0.05, 0.1) is 8.42 Å². The molecule has 0 aromatic carbocycles. The molecule has 0 bridgehead atoms. The molecule has 17 heavy (non-hydrogen) atoms. The number of hydrogen-bond donors (Lipinski definition) is 2. The summed E-state index contributed by atoms with van der Waals surface area (Å²) in [5.74, 6) is -0.297. The van der Waals surface area contributed by atoms with Crippen molar-refractivity contribution in [2.75, 3.05) is 0 Å². The number of carbonyl (C=O) groups is 1. The highest BCUT2D eigenvalue weighted by molar-refractivity contribution is 14.1. The minimum Gasteiger partial charge on any atom is -0.368 e. The topological polar surface area (TPSA) is 55.1 Å². The molecule has 3 nitrogen and oxygen atoms in total. The summed E-state index contributed by atoms with van der Waals surface area (Å²) in [7, 11) is 0. The Morgan fingerprint density at radius 3 is 3.00 bits per heavy atom. The first-order chi connectivity index (χ1) is 7.90. The molecule has 1 unspecified atom stereocenters. The van der Waals surface area contributed by atoms with Gasteiger partial charge in [-0.25, -0.2) is 0 Å². The molecule has 1 aromatic rings. The number of aryl methyl sites for hydroxylation is 1. The van der Waals surface area contributed by atoms with Gasteiger partial charge in [0.15, 0.2) is 0 Å². The maximum atomic E-state index is 11.4. The lowest BCUT2D eigenvalue weighted by Crippen LogP contribution is -2.52. The summed E-state index contributed by atoms with van der Waals surface area (Å²) >= 11 is 4.22. The average Bonchev–Trinajstić information content (AvgIpc) is 2.59. The molecule has 2 rings (SSSR count). The second-order valence-electron chi connectivity index (χ2n) is 5.01. The van der Waals surface area contributed by atoms with Crippen LogP contribution in [0.5, 0.6) is 0 Å². The smallest absolute Gasteiger partial charge is 0.237 e. The van der Waals surface area contributed by atoms with E-state index in [1.165, 1.54) is 19.7 Å². The van der Waals surface area contributed by atoms with Crippen molar-refractivity contribution in [1.82, 2.24) is 5.32 Å². The van der Waals surface area contributed by atoms with Gasteiger partial charge in [0.25, 0.3) is 0 Å². The molecule has 1 heterocycles. The van der Waals surface area contributed by atoms with Crippen LogP contribution in [-0.2, 0) is 11.2 Å². The van der Waals surface area contributed by atoms with Gasteiger partial charge in [-0.05, 0) is 67.3 Å². The summed E-state index contributed by atoms with van der Waals surface area (Å²) in [6, 6.07) is 2.50. The number of primary amides is 1. The summed E-state index contributed by atoms with van der Waals surface area (Å²) < 4.78 is 1.32. The number of rotatable bonds is 3. The zero-order chi connectivity index (χ0) is 12.6. The lowest BCUT2D eigenvalue weighted by Gasteiger charge is -2.31. The van der Waals surface area contributed by atoms with Crippen LogP contribution in [0.1, 0.15) is 43.2 Å². The van der Waals surface area contributed by atoms with Crippen LogP contribution in [-0.4, -0.2) is 11.4 Å². The van der Waals surface area contributed by atoms with Crippen LogP contribution in [0.2, 0.25) is 0 Å². The van der Waals surface area contributed by atoms with E-state index in [0.717, 1.165) is 12.8 Å². The Bertz CT molecular complexity index is 442. The number of nitrogens with one attached hydrogen (secondary N) is 1. The summed E-state index contributed by atoms with van der Waals surface area (Å²) in [6.07, 6.45) is 3.42. The van der Waals surface area contributed by atoms with Gasteiger partial charge in [-0.1, -0.05) is 0 Å². The number of carbonyl (C=O) groups excluding carboxylic acids is 1. The van der Waals surface area contributed by atoms with Crippen LogP contribution in [0, 0.1) is 2.88 Å². The Labute approximate surface area is 119 Å². The second kappa shape index (κ2) is 4.85. The Hall–Kier alpha value is -0.140. The maximum absolute atomic E-state index is 11.4. The van der Waals surface area contributed by atoms with E-state index in [4.69, 9.17) is 5.73 Å². The molecule has 1 amide bonds. The van der Waals surface area contributed by atoms with E-state index in [-0.39, 0.29) is 11.9 Å². The Balaban J connectivity index is 2.21. The van der Waals surface area contributed by atoms with Gasteiger partial charge in [-0.3, -0.25) is 10.1 Å². The number of halogens is 1. The summed E-state index contributed by atoms with van der Waals surface area (Å²) in [6.45, 7) is 3.70. The zero-order valence-corrected chi connectivity index (χ0v) is 13.0. The molecule has 0 fully saturated rings. The normalized spacial score (nSPS) is 20.1. The quantitative estimate of drug-likeness (QED) is 0.811. The number of hydrogen-bond acceptors (Lipinski definition) is 3. The molecule has 1 atom stereocenters. The van der Waals surface area contributed by atoms with Gasteiger partial charge in [0.1, 0.15) is 0 Å². The van der Waals surface area contributed by atoms with E-state index >= 15 is 0 Å². The van der Waals surface area contributed by atoms with Gasteiger partial charge in [0, 0.05) is 10.9 Å². The zero-order valence-electron chi connectivity index (χ0n) is 10.0. The van der Waals surface area contributed by atoms with Crippen LogP contribution in [0.4, 0.5) is 0 Å². The summed E-state index contributed by atoms with van der Waals surface area (Å²) in [4.78, 5) is 12.8. The summed E-state index contributed by atoms with van der Waals surface area (Å²) in [5, 5.41) is 3.39. The lowest BCUT2D eigenvalue weighted by atomic mass is 9.91. The van der Waals surface area contributed by atoms with Gasteiger partial charge in [0.2, 0.25) is 5.91 Å². The lowest BCUT2D eigenvalue weighted by molar-refractivity contribution is -0.123. The molecule has 94 valence electrons. The van der Waals surface area contributed by atoms with Crippen LogP contribution in [0.15, 0.2) is 6.07 Å². The molecular weight excluding hydrogens is 347 g/mol. The number of fused-ring (bicyclic) bond motifs is 1. The predicted octanol–water partition coefficient (Wildman–Crippen LogP) is 2.58. The van der Waals surface area contributed by atoms with E-state index in [2.05, 4.69) is 34.0 Å². The third kappa shape index (κ3) is 2.82. The van der Waals surface area contributed by atoms with Crippen molar-refractivity contribution in [2.45, 2.75) is 44.7 Å². The number of amides is 1. The Morgan fingerprint density at radius 1 is 1.65 bits per heavy atom. The molecule has 0 radical (unpaired) electrons. The van der Waals surface area contributed by atoms with Crippen molar-refractivity contribution in [3.8, 4) is 0 Å². The van der Waals surface area contributed by atoms with Crippen molar-refractivity contribution >= 4 is 39.8 Å². The van der Waals surface area contributed by atoms with Crippen molar-refractivity contribution in [3.63, 3.8) is 0 Å². The van der Waals surface area contributed by atoms with Crippen molar-refractivity contribution in [2.24, 2.45) is 5.73 Å². The van der Waals surface area contributed by atoms with E-state index in [0.29, 0.717) is 0 Å². The average molecular weight is 364 g/mol. The van der Waals surface area contributed by atoms with Gasteiger partial charge < -0.3 is 5.73 Å². The fourth-order valence-electron chi connectivity index (χ4n) is 2.18. The fraction of sp³-hybridized carbons (Fsp3) is 0.583. The van der Waals surface area contributed by atoms with Crippen LogP contribution in [0.3, 0.4) is 0 Å². The molecule has 0 spiro atoms. The van der Waals surface area contributed by atoms with Gasteiger partial charge in [-0.15, -0.1) is 11.3 Å². The van der Waals surface area contributed by atoms with Crippen molar-refractivity contribution in [1.29, 1.82) is 0 Å². The maximum Gasteiger partial charge on any atom is 0.237 e. The highest BCUT2D eigenvalue weighted by Gasteiger charge is 2.31. The molecule has 0 aliphatic heterocycles. The number of thiophene rings is 1. The highest BCUT2D eigenvalue weighted by Crippen LogP contribution is 2.37. The highest BCUT2D eigenvalue weighted by atomic mass is 127. The minimum atomic E-state index is -0.646. The van der Waals surface area contributed by atoms with Crippen LogP contribution < -0.4 is 11.1 Å². The molecule has 1 aromatic heterocycles. The van der Waals surface area contributed by atoms with E-state index in [9.17, 15) is 4.79 Å². The predicted molar refractivity (Wildman–Crippen MR) is 79.1 cm³/mol. The standard InChI is InChI=1S/C12H17IN2OS/c1-12(2,11(14)16)15-8-4-3-5-9-7(8)6-10(13)17-9/h6,8,15H,3-5H2,1-2H3,(H2,14,16). The van der Waals surface area contributed by atoms with E-state index in [1.807, 2.05) is 25.2 Å². The molecule has 5 heteroatoms. The fourth-order valence-corrected chi connectivity index (χ4v) is 4.30. The monoisotopic (exact) mass is 364 g/mol. The second-order valence-corrected chi connectivity index (χ2v) is 8.04. The first kappa shape index (κ1) is 13.3. The van der Waals surface area contributed by atoms with Crippen molar-refractivity contribution in [3.05, 3.63) is 19.4 Å². The molecule has 0 saturated heterocycles. The molecular formula is C12H17IN2OS. The van der Waals surface area contributed by atoms with E-state index < -0.39 is 5.54 Å². The van der Waals surface area contributed by atoms with Gasteiger partial charge in [-0.2, -0.15) is 0 Å². The van der Waals surface area contributed by atoms with Crippen LogP contribution in [0.25, 0.3) is 0 Å². The SMILES string of the molecule is CC(C)(NC1CCCc2sc(I)cc21)C(N)=O. The Kier molecular flexibility index (Phi) is 3.80. The molecule has 3 N–H and O–H groups in total. The third-order valence-corrected chi connectivity index (χ3v) is 5.21. The Morgan fingerprint density at radius 2 is 2.35 bits per heavy atom. The van der Waals surface area contributed by atoms with Crippen molar-refractivity contribution < 1.29 is 4.79 Å². The summed E-state index contributed by atoms with van der Waals surface area (Å²) in [5.41, 5.74) is 6.13. The molecule has 0 saturated carbocycles. The van der Waals surface area contributed by atoms with Crippen LogP contribution >= 0.6 is 33.9 Å². The largest absolute Gasteiger partial charge is 0.368 e. The first-order valence-electron chi connectivity index (χ1n) is 5.76. The first-order valence-corrected chi connectivity index (χ1v) is 7.65. The van der Waals surface area contributed by atoms with Gasteiger partial charge >= 0.3 is 0 Å². The van der Waals surface area contributed by atoms with E-state index in [1.54, 1.807) is 0 Å².